The Morgan fingerprint density at radius 3 is 2.41 bits per heavy atom. The number of para-hydroxylation sites is 1. The first-order valence-electron chi connectivity index (χ1n) is 9.26. The van der Waals surface area contributed by atoms with Gasteiger partial charge in [-0.05, 0) is 36.8 Å². The third-order valence-corrected chi connectivity index (χ3v) is 4.41. The molecule has 29 heavy (non-hydrogen) atoms. The van der Waals surface area contributed by atoms with Crippen molar-refractivity contribution in [2.24, 2.45) is 0 Å². The van der Waals surface area contributed by atoms with E-state index in [0.717, 1.165) is 11.3 Å². The second-order valence-electron chi connectivity index (χ2n) is 6.59. The molecule has 0 aliphatic carbocycles. The predicted molar refractivity (Wildman–Crippen MR) is 112 cm³/mol. The van der Waals surface area contributed by atoms with Gasteiger partial charge in [-0.2, -0.15) is 0 Å². The highest BCUT2D eigenvalue weighted by atomic mass is 16.5. The predicted octanol–water partition coefficient (Wildman–Crippen LogP) is 4.97. The zero-order valence-corrected chi connectivity index (χ0v) is 15.9. The molecular formula is C23H20N4O2. The number of carbonyl (C=O) groups excluding carboxylic acids is 1. The molecule has 2 heterocycles. The first kappa shape index (κ1) is 18.4. The van der Waals surface area contributed by atoms with Gasteiger partial charge in [-0.1, -0.05) is 53.7 Å². The maximum Gasteiger partial charge on any atom is 0.257 e. The molecule has 6 heteroatoms. The van der Waals surface area contributed by atoms with E-state index in [0.29, 0.717) is 29.5 Å². The molecule has 4 rings (SSSR count). The Morgan fingerprint density at radius 2 is 1.72 bits per heavy atom. The molecule has 1 N–H and O–H groups in total. The van der Waals surface area contributed by atoms with Crippen molar-refractivity contribution in [3.63, 3.8) is 0 Å². The van der Waals surface area contributed by atoms with Gasteiger partial charge in [0.2, 0.25) is 0 Å². The van der Waals surface area contributed by atoms with Gasteiger partial charge < -0.3 is 14.7 Å². The van der Waals surface area contributed by atoms with Crippen molar-refractivity contribution in [2.45, 2.75) is 13.5 Å². The lowest BCUT2D eigenvalue weighted by molar-refractivity contribution is 0.102. The summed E-state index contributed by atoms with van der Waals surface area (Å²) >= 11 is 0. The highest BCUT2D eigenvalue weighted by molar-refractivity contribution is 6.04. The Labute approximate surface area is 168 Å². The number of benzene rings is 2. The number of aryl methyl sites for hydroxylation is 1. The summed E-state index contributed by atoms with van der Waals surface area (Å²) in [5.41, 5.74) is 2.63. The third-order valence-electron chi connectivity index (χ3n) is 4.41. The SMILES string of the molecule is Cc1cc(NC(=O)c2ccnc(N(Cc3ccccc3)c3ccccc3)c2)no1. The van der Waals surface area contributed by atoms with Crippen molar-refractivity contribution in [1.29, 1.82) is 0 Å². The van der Waals surface area contributed by atoms with Crippen LogP contribution in [0, 0.1) is 6.92 Å². The lowest BCUT2D eigenvalue weighted by Crippen LogP contribution is -2.19. The number of amides is 1. The smallest absolute Gasteiger partial charge is 0.257 e. The average Bonchev–Trinajstić information content (AvgIpc) is 3.18. The van der Waals surface area contributed by atoms with E-state index in [1.54, 1.807) is 31.3 Å². The molecule has 0 radical (unpaired) electrons. The number of aromatic nitrogens is 2. The molecular weight excluding hydrogens is 364 g/mol. The van der Waals surface area contributed by atoms with Crippen molar-refractivity contribution >= 4 is 23.2 Å². The van der Waals surface area contributed by atoms with E-state index in [4.69, 9.17) is 4.52 Å². The normalized spacial score (nSPS) is 10.5. The summed E-state index contributed by atoms with van der Waals surface area (Å²) in [5.74, 6) is 1.43. The molecule has 4 aromatic rings. The zero-order chi connectivity index (χ0) is 20.1. The van der Waals surface area contributed by atoms with Crippen molar-refractivity contribution < 1.29 is 9.32 Å². The number of nitrogens with one attached hydrogen (secondary N) is 1. The van der Waals surface area contributed by atoms with Crippen LogP contribution in [0.5, 0.6) is 0 Å². The van der Waals surface area contributed by atoms with Crippen LogP contribution < -0.4 is 10.2 Å². The lowest BCUT2D eigenvalue weighted by Gasteiger charge is -2.24. The number of anilines is 3. The standard InChI is InChI=1S/C23H20N4O2/c1-17-14-21(26-29-17)25-23(28)19-12-13-24-22(15-19)27(20-10-6-3-7-11-20)16-18-8-4-2-5-9-18/h2-15H,16H2,1H3,(H,25,26,28). The van der Waals surface area contributed by atoms with Crippen molar-refractivity contribution in [3.8, 4) is 0 Å². The van der Waals surface area contributed by atoms with Crippen LogP contribution in [0.1, 0.15) is 21.7 Å². The quantitative estimate of drug-likeness (QED) is 0.508. The molecule has 2 aromatic carbocycles. The molecule has 0 fully saturated rings. The molecule has 1 amide bonds. The monoisotopic (exact) mass is 384 g/mol. The second kappa shape index (κ2) is 8.39. The van der Waals surface area contributed by atoms with Crippen LogP contribution in [0.4, 0.5) is 17.3 Å². The number of hydrogen-bond acceptors (Lipinski definition) is 5. The lowest BCUT2D eigenvalue weighted by atomic mass is 10.1. The van der Waals surface area contributed by atoms with Gasteiger partial charge in [-0.15, -0.1) is 0 Å². The van der Waals surface area contributed by atoms with E-state index >= 15 is 0 Å². The van der Waals surface area contributed by atoms with Crippen LogP contribution in [0.2, 0.25) is 0 Å². The molecule has 0 unspecified atom stereocenters. The molecule has 0 saturated heterocycles. The first-order valence-corrected chi connectivity index (χ1v) is 9.26. The number of pyridine rings is 1. The zero-order valence-electron chi connectivity index (χ0n) is 15.9. The van der Waals surface area contributed by atoms with Crippen LogP contribution in [0.25, 0.3) is 0 Å². The molecule has 0 spiro atoms. The number of rotatable bonds is 6. The molecule has 0 aliphatic rings. The van der Waals surface area contributed by atoms with Gasteiger partial charge in [0.1, 0.15) is 11.6 Å². The van der Waals surface area contributed by atoms with E-state index in [-0.39, 0.29) is 5.91 Å². The van der Waals surface area contributed by atoms with E-state index in [9.17, 15) is 4.79 Å². The summed E-state index contributed by atoms with van der Waals surface area (Å²) in [5, 5.41) is 6.55. The molecule has 0 saturated carbocycles. The average molecular weight is 384 g/mol. The molecule has 2 aromatic heterocycles. The first-order chi connectivity index (χ1) is 14.2. The third kappa shape index (κ3) is 4.50. The molecule has 0 atom stereocenters. The van der Waals surface area contributed by atoms with Gasteiger partial charge in [0.05, 0.1) is 0 Å². The van der Waals surface area contributed by atoms with Gasteiger partial charge in [0.15, 0.2) is 5.82 Å². The van der Waals surface area contributed by atoms with Gasteiger partial charge in [-0.25, -0.2) is 4.98 Å². The largest absolute Gasteiger partial charge is 0.360 e. The van der Waals surface area contributed by atoms with Crippen molar-refractivity contribution in [2.75, 3.05) is 10.2 Å². The fourth-order valence-corrected chi connectivity index (χ4v) is 3.00. The summed E-state index contributed by atoms with van der Waals surface area (Å²) in [6, 6.07) is 25.3. The minimum atomic E-state index is -0.269. The summed E-state index contributed by atoms with van der Waals surface area (Å²) in [4.78, 5) is 19.2. The van der Waals surface area contributed by atoms with Crippen LogP contribution in [0.3, 0.4) is 0 Å². The van der Waals surface area contributed by atoms with Gasteiger partial charge in [0.25, 0.3) is 5.91 Å². The van der Waals surface area contributed by atoms with Crippen molar-refractivity contribution in [3.05, 3.63) is 102 Å². The Morgan fingerprint density at radius 1 is 1.00 bits per heavy atom. The molecule has 144 valence electrons. The highest BCUT2D eigenvalue weighted by Gasteiger charge is 2.15. The van der Waals surface area contributed by atoms with Crippen LogP contribution >= 0.6 is 0 Å². The minimum Gasteiger partial charge on any atom is -0.360 e. The molecule has 0 bridgehead atoms. The fourth-order valence-electron chi connectivity index (χ4n) is 3.00. The summed E-state index contributed by atoms with van der Waals surface area (Å²) in [7, 11) is 0. The van der Waals surface area contributed by atoms with Gasteiger partial charge >= 0.3 is 0 Å². The van der Waals surface area contributed by atoms with Crippen molar-refractivity contribution in [1.82, 2.24) is 10.1 Å². The Balaban J connectivity index is 1.64. The summed E-state index contributed by atoms with van der Waals surface area (Å²) < 4.78 is 5.00. The van der Waals surface area contributed by atoms with E-state index in [1.807, 2.05) is 48.5 Å². The van der Waals surface area contributed by atoms with E-state index in [2.05, 4.69) is 32.5 Å². The molecule has 6 nitrogen and oxygen atoms in total. The summed E-state index contributed by atoms with van der Waals surface area (Å²) in [6.45, 7) is 2.40. The van der Waals surface area contributed by atoms with Gasteiger partial charge in [-0.3, -0.25) is 4.79 Å². The van der Waals surface area contributed by atoms with Crippen LogP contribution in [0.15, 0.2) is 89.6 Å². The second-order valence-corrected chi connectivity index (χ2v) is 6.59. The Bertz CT molecular complexity index is 1090. The Kier molecular flexibility index (Phi) is 5.33. The minimum absolute atomic E-state index is 0.269. The van der Waals surface area contributed by atoms with Crippen LogP contribution in [-0.2, 0) is 6.54 Å². The van der Waals surface area contributed by atoms with Gasteiger partial charge in [0, 0.05) is 30.1 Å². The molecule has 0 aliphatic heterocycles. The number of carbonyl (C=O) groups is 1. The van der Waals surface area contributed by atoms with E-state index in [1.165, 1.54) is 0 Å². The number of hydrogen-bond donors (Lipinski definition) is 1. The number of nitrogens with zero attached hydrogens (tertiary/aromatic N) is 3. The van der Waals surface area contributed by atoms with Crippen LogP contribution in [-0.4, -0.2) is 16.0 Å². The fraction of sp³-hybridized carbons (Fsp3) is 0.0870. The summed E-state index contributed by atoms with van der Waals surface area (Å²) in [6.07, 6.45) is 1.64. The highest BCUT2D eigenvalue weighted by Crippen LogP contribution is 2.26. The van der Waals surface area contributed by atoms with E-state index < -0.39 is 0 Å². The maximum atomic E-state index is 12.7. The topological polar surface area (TPSA) is 71.3 Å². The Hall–Kier alpha value is -3.93. The maximum absolute atomic E-state index is 12.7.